The Morgan fingerprint density at radius 1 is 0.733 bits per heavy atom. The summed E-state index contributed by atoms with van der Waals surface area (Å²) in [5.41, 5.74) is -1.89. The highest BCUT2D eigenvalue weighted by molar-refractivity contribution is 5.32. The third kappa shape index (κ3) is 9.64. The average molecular weight is 625 g/mol. The second-order valence-electron chi connectivity index (χ2n) is 16.4. The van der Waals surface area contributed by atoms with Crippen molar-refractivity contribution in [3.63, 3.8) is 0 Å². The molecule has 254 valence electrons. The molecule has 0 bridgehead atoms. The molecule has 3 rings (SSSR count). The number of hydrogen-bond donors (Lipinski definition) is 4. The fourth-order valence-corrected chi connectivity index (χ4v) is 8.23. The highest BCUT2D eigenvalue weighted by atomic mass is 16.6. The van der Waals surface area contributed by atoms with E-state index in [4.69, 9.17) is 4.74 Å². The predicted octanol–water partition coefficient (Wildman–Crippen LogP) is 7.88. The summed E-state index contributed by atoms with van der Waals surface area (Å²) in [6.07, 6.45) is 29.6. The zero-order valence-corrected chi connectivity index (χ0v) is 29.6. The van der Waals surface area contributed by atoms with Crippen LogP contribution in [0.15, 0.2) is 72.9 Å². The van der Waals surface area contributed by atoms with Gasteiger partial charge >= 0.3 is 0 Å². The van der Waals surface area contributed by atoms with E-state index in [1.807, 2.05) is 6.92 Å². The zero-order valence-electron chi connectivity index (χ0n) is 29.6. The molecule has 5 heteroatoms. The SMILES string of the molecule is CC(C=CC1C(C)(C)C[C@H](O)C[C@@]1(C)O)/C=C/CC(C)/C=C/C=C/C(C)C/C=C/C(/C=C/[C@@]12O[C@]1(C)C[C@@H](O)CC2(C)C)CO. The first-order valence-corrected chi connectivity index (χ1v) is 17.3. The summed E-state index contributed by atoms with van der Waals surface area (Å²) in [5, 5.41) is 41.3. The first kappa shape index (κ1) is 37.7. The molecule has 2 aliphatic carbocycles. The molecule has 5 nitrogen and oxygen atoms in total. The van der Waals surface area contributed by atoms with E-state index < -0.39 is 11.7 Å². The van der Waals surface area contributed by atoms with Gasteiger partial charge in [-0.1, -0.05) is 121 Å². The lowest BCUT2D eigenvalue weighted by molar-refractivity contribution is -0.111. The maximum Gasteiger partial charge on any atom is 0.121 e. The summed E-state index contributed by atoms with van der Waals surface area (Å²) in [6.45, 7) is 19.2. The summed E-state index contributed by atoms with van der Waals surface area (Å²) in [5.74, 6) is 1.07. The average Bonchev–Trinajstić information content (AvgIpc) is 3.52. The number of ether oxygens (including phenoxy) is 1. The summed E-state index contributed by atoms with van der Waals surface area (Å²) in [6, 6.07) is 0. The van der Waals surface area contributed by atoms with Crippen molar-refractivity contribution in [1.29, 1.82) is 0 Å². The van der Waals surface area contributed by atoms with Crippen molar-refractivity contribution in [1.82, 2.24) is 0 Å². The summed E-state index contributed by atoms with van der Waals surface area (Å²) in [7, 11) is 0. The van der Waals surface area contributed by atoms with Gasteiger partial charge in [0.15, 0.2) is 0 Å². The minimum Gasteiger partial charge on any atom is -0.395 e. The van der Waals surface area contributed by atoms with Crippen LogP contribution < -0.4 is 0 Å². The third-order valence-corrected chi connectivity index (χ3v) is 10.7. The van der Waals surface area contributed by atoms with Crippen molar-refractivity contribution in [2.75, 3.05) is 6.61 Å². The third-order valence-electron chi connectivity index (χ3n) is 10.7. The molecule has 5 unspecified atom stereocenters. The molecule has 10 atom stereocenters. The quantitative estimate of drug-likeness (QED) is 0.0897. The number of fused-ring (bicyclic) bond motifs is 1. The molecule has 2 saturated carbocycles. The number of epoxide rings is 1. The van der Waals surface area contributed by atoms with Gasteiger partial charge in [0.2, 0.25) is 0 Å². The van der Waals surface area contributed by atoms with Crippen molar-refractivity contribution in [2.45, 2.75) is 130 Å². The first-order chi connectivity index (χ1) is 20.9. The fraction of sp³-hybridized carbons (Fsp3) is 0.700. The van der Waals surface area contributed by atoms with E-state index in [0.717, 1.165) is 19.3 Å². The molecule has 1 saturated heterocycles. The van der Waals surface area contributed by atoms with Crippen molar-refractivity contribution < 1.29 is 25.2 Å². The van der Waals surface area contributed by atoms with E-state index in [1.165, 1.54) is 0 Å². The van der Waals surface area contributed by atoms with Crippen LogP contribution >= 0.6 is 0 Å². The minimum absolute atomic E-state index is 0.0169. The van der Waals surface area contributed by atoms with Gasteiger partial charge in [0.05, 0.1) is 24.4 Å². The van der Waals surface area contributed by atoms with E-state index in [1.54, 1.807) is 0 Å². The molecule has 0 aromatic rings. The standard InChI is InChI=1S/C40H64O5/c1-29(16-12-17-31(3)20-21-35-36(4,5)24-33(42)26-38(35,8)44)14-10-11-15-30(2)18-13-19-32(28-41)22-23-40-37(6,7)25-34(43)27-39(40,9)45-40/h10-15,17,19-23,29-35,41-44H,16,18,24-28H2,1-9H3/b14-10+,15-11+,17-12+,19-13+,21-20?,23-22+/t29?,30?,31?,32?,33-,34-,35?,38+,39+,40-/m0/s1. The van der Waals surface area contributed by atoms with Crippen LogP contribution in [0.3, 0.4) is 0 Å². The molecule has 4 N–H and O–H groups in total. The second kappa shape index (κ2) is 15.0. The Hall–Kier alpha value is -1.76. The van der Waals surface area contributed by atoms with Gasteiger partial charge < -0.3 is 25.2 Å². The van der Waals surface area contributed by atoms with E-state index in [9.17, 15) is 20.4 Å². The molecule has 0 amide bonds. The fourth-order valence-electron chi connectivity index (χ4n) is 8.23. The van der Waals surface area contributed by atoms with Crippen LogP contribution in [0.5, 0.6) is 0 Å². The molecular weight excluding hydrogens is 560 g/mol. The Balaban J connectivity index is 1.40. The highest BCUT2D eigenvalue weighted by Gasteiger charge is 2.74. The van der Waals surface area contributed by atoms with Crippen LogP contribution in [-0.2, 0) is 4.74 Å². The largest absolute Gasteiger partial charge is 0.395 e. The second-order valence-corrected chi connectivity index (χ2v) is 16.4. The van der Waals surface area contributed by atoms with Gasteiger partial charge in [-0.15, -0.1) is 0 Å². The lowest BCUT2D eigenvalue weighted by Crippen LogP contribution is -2.50. The Morgan fingerprint density at radius 2 is 1.31 bits per heavy atom. The lowest BCUT2D eigenvalue weighted by Gasteiger charge is -2.48. The molecular formula is C40H64O5. The van der Waals surface area contributed by atoms with Crippen LogP contribution in [0.25, 0.3) is 0 Å². The van der Waals surface area contributed by atoms with Crippen molar-refractivity contribution in [3.05, 3.63) is 72.9 Å². The summed E-state index contributed by atoms with van der Waals surface area (Å²) < 4.78 is 6.24. The molecule has 0 aromatic carbocycles. The topological polar surface area (TPSA) is 93.5 Å². The van der Waals surface area contributed by atoms with E-state index in [0.29, 0.717) is 31.1 Å². The number of rotatable bonds is 14. The number of aliphatic hydroxyl groups is 4. The number of hydrogen-bond acceptors (Lipinski definition) is 5. The summed E-state index contributed by atoms with van der Waals surface area (Å²) in [4.78, 5) is 0. The number of aliphatic hydroxyl groups excluding tert-OH is 3. The minimum atomic E-state index is -0.895. The lowest BCUT2D eigenvalue weighted by atomic mass is 9.61. The van der Waals surface area contributed by atoms with Crippen molar-refractivity contribution in [2.24, 2.45) is 40.4 Å². The highest BCUT2D eigenvalue weighted by Crippen LogP contribution is 2.66. The smallest absolute Gasteiger partial charge is 0.121 e. The molecule has 1 aliphatic heterocycles. The number of allylic oxidation sites excluding steroid dienone is 8. The van der Waals surface area contributed by atoms with E-state index >= 15 is 0 Å². The molecule has 0 aromatic heterocycles. The summed E-state index contributed by atoms with van der Waals surface area (Å²) >= 11 is 0. The van der Waals surface area contributed by atoms with E-state index in [2.05, 4.69) is 128 Å². The Bertz CT molecular complexity index is 1120. The molecule has 0 radical (unpaired) electrons. The maximum atomic E-state index is 10.9. The Morgan fingerprint density at radius 3 is 1.87 bits per heavy atom. The predicted molar refractivity (Wildman–Crippen MR) is 187 cm³/mol. The van der Waals surface area contributed by atoms with Gasteiger partial charge in [-0.2, -0.15) is 0 Å². The molecule has 3 fully saturated rings. The van der Waals surface area contributed by atoms with Gasteiger partial charge in [-0.3, -0.25) is 0 Å². The molecule has 1 heterocycles. The molecule has 0 spiro atoms. The van der Waals surface area contributed by atoms with Gasteiger partial charge in [0, 0.05) is 30.1 Å². The maximum absolute atomic E-state index is 10.9. The van der Waals surface area contributed by atoms with Crippen LogP contribution in [0, 0.1) is 40.4 Å². The Labute approximate surface area is 274 Å². The molecule has 3 aliphatic rings. The van der Waals surface area contributed by atoms with Crippen molar-refractivity contribution >= 4 is 0 Å². The van der Waals surface area contributed by atoms with Crippen LogP contribution in [0.1, 0.15) is 101 Å². The first-order valence-electron chi connectivity index (χ1n) is 17.3. The monoisotopic (exact) mass is 624 g/mol. The Kier molecular flexibility index (Phi) is 12.6. The van der Waals surface area contributed by atoms with Crippen molar-refractivity contribution in [3.8, 4) is 0 Å². The van der Waals surface area contributed by atoms with Gasteiger partial charge in [0.1, 0.15) is 11.2 Å². The van der Waals surface area contributed by atoms with Gasteiger partial charge in [-0.05, 0) is 62.7 Å². The van der Waals surface area contributed by atoms with Gasteiger partial charge in [0.25, 0.3) is 0 Å². The van der Waals surface area contributed by atoms with Crippen LogP contribution in [-0.4, -0.2) is 56.0 Å². The van der Waals surface area contributed by atoms with Crippen LogP contribution in [0.2, 0.25) is 0 Å². The zero-order chi connectivity index (χ0) is 33.7. The van der Waals surface area contributed by atoms with Crippen LogP contribution in [0.4, 0.5) is 0 Å². The van der Waals surface area contributed by atoms with Gasteiger partial charge in [-0.25, -0.2) is 0 Å². The molecule has 45 heavy (non-hydrogen) atoms. The van der Waals surface area contributed by atoms with E-state index in [-0.39, 0.29) is 52.5 Å². The normalized spacial score (nSPS) is 37.7.